The van der Waals surface area contributed by atoms with Crippen molar-refractivity contribution in [1.82, 2.24) is 24.9 Å². The maximum Gasteiger partial charge on any atom is 0.246 e. The van der Waals surface area contributed by atoms with Gasteiger partial charge in [0.05, 0.1) is 16.9 Å². The molecule has 3 heterocycles. The summed E-state index contributed by atoms with van der Waals surface area (Å²) in [6.07, 6.45) is 4.21. The van der Waals surface area contributed by atoms with Crippen LogP contribution in [-0.2, 0) is 22.6 Å². The van der Waals surface area contributed by atoms with Crippen molar-refractivity contribution in [2.75, 3.05) is 19.6 Å². The average Bonchev–Trinajstić information content (AvgIpc) is 3.27. The fourth-order valence-electron chi connectivity index (χ4n) is 4.46. The normalized spacial score (nSPS) is 21.1. The van der Waals surface area contributed by atoms with Gasteiger partial charge in [-0.1, -0.05) is 47.5 Å². The van der Waals surface area contributed by atoms with Crippen molar-refractivity contribution >= 4 is 35.0 Å². The second-order valence-corrected chi connectivity index (χ2v) is 9.26. The zero-order valence-electron chi connectivity index (χ0n) is 17.8. The monoisotopic (exact) mass is 483 g/mol. The number of amides is 2. The van der Waals surface area contributed by atoms with Crippen LogP contribution in [0.5, 0.6) is 0 Å². The number of nitrogens with one attached hydrogen (secondary N) is 1. The standard InChI is InChI=1S/C24H23Cl2N5O2/c25-18-7-5-16(6-8-18)11-20-24(33)30-10-9-29(15-22(30)23(32)28-20)13-17-12-27-31(14-17)21-4-2-1-3-19(21)26/h1-8,12,14,20,22H,9-11,13,15H2,(H,28,32)/t20-,22+/m0/s1. The summed E-state index contributed by atoms with van der Waals surface area (Å²) in [4.78, 5) is 29.9. The van der Waals surface area contributed by atoms with Gasteiger partial charge >= 0.3 is 0 Å². The number of para-hydroxylation sites is 1. The molecule has 0 aliphatic carbocycles. The summed E-state index contributed by atoms with van der Waals surface area (Å²) >= 11 is 12.2. The van der Waals surface area contributed by atoms with Crippen LogP contribution < -0.4 is 5.32 Å². The number of halogens is 2. The molecule has 0 bridgehead atoms. The van der Waals surface area contributed by atoms with Crippen molar-refractivity contribution < 1.29 is 9.59 Å². The van der Waals surface area contributed by atoms with Gasteiger partial charge in [-0.15, -0.1) is 0 Å². The lowest BCUT2D eigenvalue weighted by atomic mass is 9.98. The van der Waals surface area contributed by atoms with Crippen LogP contribution >= 0.6 is 23.2 Å². The maximum absolute atomic E-state index is 13.1. The molecule has 1 N–H and O–H groups in total. The van der Waals surface area contributed by atoms with Gasteiger partial charge in [-0.3, -0.25) is 14.5 Å². The topological polar surface area (TPSA) is 70.5 Å². The molecule has 0 spiro atoms. The lowest BCUT2D eigenvalue weighted by Gasteiger charge is -2.45. The summed E-state index contributed by atoms with van der Waals surface area (Å²) in [5.74, 6) is -0.134. The first-order valence-corrected chi connectivity index (χ1v) is 11.6. The minimum absolute atomic E-state index is 0.0271. The molecule has 2 amide bonds. The van der Waals surface area contributed by atoms with Crippen LogP contribution in [0.1, 0.15) is 11.1 Å². The smallest absolute Gasteiger partial charge is 0.246 e. The number of carbonyl (C=O) groups excluding carboxylic acids is 2. The molecule has 0 radical (unpaired) electrons. The van der Waals surface area contributed by atoms with E-state index in [0.29, 0.717) is 42.6 Å². The maximum atomic E-state index is 13.1. The molecule has 7 nitrogen and oxygen atoms in total. The second-order valence-electron chi connectivity index (χ2n) is 8.42. The summed E-state index contributed by atoms with van der Waals surface area (Å²) in [6, 6.07) is 13.9. The number of benzene rings is 2. The van der Waals surface area contributed by atoms with Crippen LogP contribution in [0.2, 0.25) is 10.0 Å². The highest BCUT2D eigenvalue weighted by Crippen LogP contribution is 2.22. The first-order chi connectivity index (χ1) is 16.0. The number of piperazine rings is 2. The first kappa shape index (κ1) is 21.9. The van der Waals surface area contributed by atoms with Gasteiger partial charge < -0.3 is 10.2 Å². The Balaban J connectivity index is 1.23. The predicted octanol–water partition coefficient (Wildman–Crippen LogP) is 2.93. The number of nitrogens with zero attached hydrogens (tertiary/aromatic N) is 4. The molecule has 2 aliphatic heterocycles. The van der Waals surface area contributed by atoms with Gasteiger partial charge in [-0.05, 0) is 29.8 Å². The van der Waals surface area contributed by atoms with E-state index >= 15 is 0 Å². The molecule has 5 rings (SSSR count). The third-order valence-corrected chi connectivity index (χ3v) is 6.73. The van der Waals surface area contributed by atoms with E-state index in [9.17, 15) is 9.59 Å². The average molecular weight is 484 g/mol. The third kappa shape index (κ3) is 4.62. The van der Waals surface area contributed by atoms with E-state index < -0.39 is 12.1 Å². The molecule has 2 atom stereocenters. The van der Waals surface area contributed by atoms with Crippen molar-refractivity contribution in [3.8, 4) is 5.69 Å². The van der Waals surface area contributed by atoms with E-state index in [4.69, 9.17) is 23.2 Å². The predicted molar refractivity (Wildman–Crippen MR) is 126 cm³/mol. The number of carbonyl (C=O) groups is 2. The Morgan fingerprint density at radius 2 is 1.79 bits per heavy atom. The molecule has 1 aromatic heterocycles. The molecule has 2 saturated heterocycles. The van der Waals surface area contributed by atoms with E-state index in [2.05, 4.69) is 15.3 Å². The van der Waals surface area contributed by atoms with E-state index in [1.807, 2.05) is 48.8 Å². The Hall–Kier alpha value is -2.87. The van der Waals surface area contributed by atoms with Crippen molar-refractivity contribution in [3.05, 3.63) is 82.1 Å². The highest BCUT2D eigenvalue weighted by molar-refractivity contribution is 6.32. The number of hydrogen-bond acceptors (Lipinski definition) is 4. The van der Waals surface area contributed by atoms with Gasteiger partial charge in [0.2, 0.25) is 11.8 Å². The number of hydrogen-bond donors (Lipinski definition) is 1. The fraction of sp³-hybridized carbons (Fsp3) is 0.292. The third-order valence-electron chi connectivity index (χ3n) is 6.16. The molecule has 0 unspecified atom stereocenters. The lowest BCUT2D eigenvalue weighted by Crippen LogP contribution is -2.69. The molecule has 0 saturated carbocycles. The molecule has 9 heteroatoms. The van der Waals surface area contributed by atoms with Crippen LogP contribution in [-0.4, -0.2) is 63.1 Å². The Morgan fingerprint density at radius 3 is 2.58 bits per heavy atom. The van der Waals surface area contributed by atoms with Crippen molar-refractivity contribution in [2.45, 2.75) is 25.0 Å². The van der Waals surface area contributed by atoms with Gasteiger partial charge in [0, 0.05) is 49.4 Å². The second kappa shape index (κ2) is 9.17. The number of aromatic nitrogens is 2. The Morgan fingerprint density at radius 1 is 1.00 bits per heavy atom. The van der Waals surface area contributed by atoms with Crippen LogP contribution in [0.25, 0.3) is 5.69 Å². The molecule has 33 heavy (non-hydrogen) atoms. The first-order valence-electron chi connectivity index (χ1n) is 10.8. The number of fused-ring (bicyclic) bond motifs is 1. The minimum atomic E-state index is -0.546. The van der Waals surface area contributed by atoms with E-state index in [0.717, 1.165) is 16.8 Å². The van der Waals surface area contributed by atoms with Gasteiger partial charge in [-0.2, -0.15) is 5.10 Å². The van der Waals surface area contributed by atoms with Gasteiger partial charge in [0.1, 0.15) is 12.1 Å². The SMILES string of the molecule is O=C1N[C@@H](Cc2ccc(Cl)cc2)C(=O)N2CCN(Cc3cnn(-c4ccccc4Cl)c3)C[C@H]12. The quantitative estimate of drug-likeness (QED) is 0.605. The van der Waals surface area contributed by atoms with Crippen molar-refractivity contribution in [3.63, 3.8) is 0 Å². The van der Waals surface area contributed by atoms with Gasteiger partial charge in [0.15, 0.2) is 0 Å². The van der Waals surface area contributed by atoms with Gasteiger partial charge in [-0.25, -0.2) is 4.68 Å². The molecule has 170 valence electrons. The zero-order valence-corrected chi connectivity index (χ0v) is 19.3. The molecule has 2 aromatic carbocycles. The summed E-state index contributed by atoms with van der Waals surface area (Å²) in [7, 11) is 0. The highest BCUT2D eigenvalue weighted by Gasteiger charge is 2.43. The largest absolute Gasteiger partial charge is 0.342 e. The van der Waals surface area contributed by atoms with Crippen LogP contribution in [0.15, 0.2) is 60.9 Å². The van der Waals surface area contributed by atoms with E-state index in [1.54, 1.807) is 21.7 Å². The lowest BCUT2D eigenvalue weighted by molar-refractivity contribution is -0.153. The van der Waals surface area contributed by atoms with E-state index in [-0.39, 0.29) is 11.8 Å². The van der Waals surface area contributed by atoms with E-state index in [1.165, 1.54) is 0 Å². The molecule has 2 aliphatic rings. The fourth-order valence-corrected chi connectivity index (χ4v) is 4.81. The van der Waals surface area contributed by atoms with Crippen molar-refractivity contribution in [1.29, 1.82) is 0 Å². The van der Waals surface area contributed by atoms with Crippen LogP contribution in [0.4, 0.5) is 0 Å². The van der Waals surface area contributed by atoms with Crippen LogP contribution in [0, 0.1) is 0 Å². The summed E-state index contributed by atoms with van der Waals surface area (Å²) in [5.41, 5.74) is 2.80. The van der Waals surface area contributed by atoms with Crippen LogP contribution in [0.3, 0.4) is 0 Å². The van der Waals surface area contributed by atoms with Gasteiger partial charge in [0.25, 0.3) is 0 Å². The zero-order chi connectivity index (χ0) is 22.9. The highest BCUT2D eigenvalue weighted by atomic mass is 35.5. The summed E-state index contributed by atoms with van der Waals surface area (Å²) in [5, 5.41) is 8.63. The van der Waals surface area contributed by atoms with Crippen molar-refractivity contribution in [2.24, 2.45) is 0 Å². The number of rotatable bonds is 5. The molecule has 3 aromatic rings. The summed E-state index contributed by atoms with van der Waals surface area (Å²) in [6.45, 7) is 2.35. The Labute approximate surface area is 201 Å². The Kier molecular flexibility index (Phi) is 6.10. The Bertz CT molecular complexity index is 1180. The minimum Gasteiger partial charge on any atom is -0.342 e. The molecule has 2 fully saturated rings. The summed E-state index contributed by atoms with van der Waals surface area (Å²) < 4.78 is 1.76. The molecular formula is C24H23Cl2N5O2. The molecular weight excluding hydrogens is 461 g/mol.